The summed E-state index contributed by atoms with van der Waals surface area (Å²) in [6.45, 7) is 2.37. The van der Waals surface area contributed by atoms with E-state index in [1.807, 2.05) is 0 Å². The molecule has 4 unspecified atom stereocenters. The van der Waals surface area contributed by atoms with Crippen LogP contribution in [-0.2, 0) is 14.1 Å². The summed E-state index contributed by atoms with van der Waals surface area (Å²) in [7, 11) is 8.02. The number of carbonyl (C=O) groups excluding carboxylic acids is 1. The predicted octanol–water partition coefficient (Wildman–Crippen LogP) is 1.48. The molecule has 0 bridgehead atoms. The molecule has 0 saturated heterocycles. The van der Waals surface area contributed by atoms with Gasteiger partial charge in [0.05, 0.1) is 14.5 Å². The molecule has 14 heavy (non-hydrogen) atoms. The first-order valence-corrected chi connectivity index (χ1v) is 5.41. The number of ether oxygens (including phenoxy) is 1. The van der Waals surface area contributed by atoms with Crippen LogP contribution in [0.25, 0.3) is 0 Å². The van der Waals surface area contributed by atoms with E-state index in [2.05, 4.69) is 9.47 Å². The molecule has 5 heteroatoms. The Morgan fingerprint density at radius 2 is 2.29 bits per heavy atom. The van der Waals surface area contributed by atoms with E-state index >= 15 is 0 Å². The summed E-state index contributed by atoms with van der Waals surface area (Å²) in [5.41, 5.74) is 0. The molecular weight excluding hydrogens is 198 g/mol. The second-order valence-electron chi connectivity index (χ2n) is 3.71. The van der Waals surface area contributed by atoms with Crippen LogP contribution in [0.1, 0.15) is 26.2 Å². The average Bonchev–Trinajstić information content (AvgIpc) is 2.47. The average molecular weight is 214 g/mol. The minimum Gasteiger partial charge on any atom is -0.462 e. The van der Waals surface area contributed by atoms with E-state index in [1.54, 1.807) is 6.92 Å². The molecule has 2 radical (unpaired) electrons. The Kier molecular flexibility index (Phi) is 4.90. The quantitative estimate of drug-likeness (QED) is 0.404. The fourth-order valence-corrected chi connectivity index (χ4v) is 2.07. The van der Waals surface area contributed by atoms with Crippen molar-refractivity contribution in [2.45, 2.75) is 38.1 Å². The third kappa shape index (κ3) is 3.25. The fraction of sp³-hybridized carbons (Fsp3) is 0.889. The van der Waals surface area contributed by atoms with Crippen molar-refractivity contribution in [2.75, 3.05) is 6.61 Å². The van der Waals surface area contributed by atoms with E-state index in [-0.39, 0.29) is 23.8 Å². The molecule has 0 aliphatic heterocycles. The lowest BCUT2D eigenvalue weighted by molar-refractivity contribution is -0.150. The molecule has 0 aromatic carbocycles. The van der Waals surface area contributed by atoms with Gasteiger partial charge in [0.25, 0.3) is 0 Å². The van der Waals surface area contributed by atoms with E-state index in [4.69, 9.17) is 17.1 Å². The van der Waals surface area contributed by atoms with Crippen molar-refractivity contribution in [1.29, 1.82) is 0 Å². The maximum Gasteiger partial charge on any atom is 0.305 e. The van der Waals surface area contributed by atoms with Gasteiger partial charge in [0.1, 0.15) is 6.10 Å². The second kappa shape index (κ2) is 5.72. The van der Waals surface area contributed by atoms with Gasteiger partial charge in [-0.2, -0.15) is 0 Å². The Balaban J connectivity index is 2.44. The zero-order valence-electron chi connectivity index (χ0n) is 8.44. The summed E-state index contributed by atoms with van der Waals surface area (Å²) in [5.74, 6) is 0.227. The third-order valence-corrected chi connectivity index (χ3v) is 2.74. The number of carbonyl (C=O) groups is 1. The topological polar surface area (TPSA) is 35.5 Å². The summed E-state index contributed by atoms with van der Waals surface area (Å²) >= 11 is 0. The molecule has 0 amide bonds. The molecule has 1 aliphatic carbocycles. The Labute approximate surface area is 88.6 Å². The molecule has 1 fully saturated rings. The van der Waals surface area contributed by atoms with Crippen molar-refractivity contribution in [2.24, 2.45) is 5.92 Å². The van der Waals surface area contributed by atoms with Gasteiger partial charge >= 0.3 is 5.97 Å². The molecule has 1 saturated carbocycles. The lowest BCUT2D eigenvalue weighted by atomic mass is 9.85. The van der Waals surface area contributed by atoms with Crippen LogP contribution in [0.15, 0.2) is 0 Å². The molecule has 0 heterocycles. The van der Waals surface area contributed by atoms with Crippen LogP contribution in [0.2, 0.25) is 5.82 Å². The van der Waals surface area contributed by atoms with E-state index in [0.717, 1.165) is 12.8 Å². The molecule has 0 N–H and O–H groups in total. The highest BCUT2D eigenvalue weighted by molar-refractivity contribution is 7.09. The van der Waals surface area contributed by atoms with Crippen molar-refractivity contribution >= 4 is 23.3 Å². The van der Waals surface area contributed by atoms with Crippen LogP contribution in [-0.4, -0.2) is 26.5 Å². The first kappa shape index (κ1) is 12.0. The van der Waals surface area contributed by atoms with Crippen molar-refractivity contribution in [3.63, 3.8) is 0 Å². The SMILES string of the molecule is [B]C1CC(COP)C(OC(=O)CC)C1. The number of hydrogen-bond donors (Lipinski definition) is 0. The Morgan fingerprint density at radius 3 is 2.86 bits per heavy atom. The van der Waals surface area contributed by atoms with Gasteiger partial charge in [-0.1, -0.05) is 12.7 Å². The maximum atomic E-state index is 11.1. The normalized spacial score (nSPS) is 31.7. The van der Waals surface area contributed by atoms with Crippen LogP contribution in [0, 0.1) is 5.92 Å². The Hall–Kier alpha value is -0.0751. The molecule has 3 nitrogen and oxygen atoms in total. The third-order valence-electron chi connectivity index (χ3n) is 2.55. The number of esters is 1. The van der Waals surface area contributed by atoms with Crippen LogP contribution in [0.3, 0.4) is 0 Å². The summed E-state index contributed by atoms with van der Waals surface area (Å²) in [4.78, 5) is 11.1. The molecule has 1 rings (SSSR count). The van der Waals surface area contributed by atoms with E-state index in [0.29, 0.717) is 13.0 Å². The van der Waals surface area contributed by atoms with Gasteiger partial charge in [0, 0.05) is 21.8 Å². The lowest BCUT2D eigenvalue weighted by Gasteiger charge is -2.18. The monoisotopic (exact) mass is 214 g/mol. The maximum absolute atomic E-state index is 11.1. The highest BCUT2D eigenvalue weighted by Gasteiger charge is 2.34. The molecule has 1 aliphatic rings. The van der Waals surface area contributed by atoms with Gasteiger partial charge in [0.15, 0.2) is 0 Å². The van der Waals surface area contributed by atoms with Crippen LogP contribution >= 0.6 is 9.47 Å². The van der Waals surface area contributed by atoms with Crippen LogP contribution < -0.4 is 0 Å². The molecule has 0 spiro atoms. The molecule has 78 valence electrons. The minimum absolute atomic E-state index is 0.0574. The van der Waals surface area contributed by atoms with Crippen molar-refractivity contribution in [3.05, 3.63) is 0 Å². The highest BCUT2D eigenvalue weighted by Crippen LogP contribution is 2.36. The zero-order chi connectivity index (χ0) is 10.6. The van der Waals surface area contributed by atoms with Crippen LogP contribution in [0.4, 0.5) is 0 Å². The van der Waals surface area contributed by atoms with Gasteiger partial charge in [0.2, 0.25) is 0 Å². The summed E-state index contributed by atoms with van der Waals surface area (Å²) in [6.07, 6.45) is 1.98. The minimum atomic E-state index is -0.155. The molecule has 4 atom stereocenters. The standard InChI is InChI=1S/C9H16BO3P/c1-2-9(11)13-8-4-7(10)3-6(8)5-12-14/h6-8H,2-5,14H2,1H3. The summed E-state index contributed by atoms with van der Waals surface area (Å²) < 4.78 is 10.3. The molecule has 0 aromatic rings. The smallest absolute Gasteiger partial charge is 0.305 e. The highest BCUT2D eigenvalue weighted by atomic mass is 31.0. The fourth-order valence-electron chi connectivity index (χ4n) is 1.82. The zero-order valence-corrected chi connectivity index (χ0v) is 9.59. The number of hydrogen-bond acceptors (Lipinski definition) is 3. The van der Waals surface area contributed by atoms with Crippen molar-refractivity contribution in [1.82, 2.24) is 0 Å². The Bertz CT molecular complexity index is 200. The summed E-state index contributed by atoms with van der Waals surface area (Å²) in [5, 5.41) is 0. The molecule has 0 aromatic heterocycles. The first-order chi connectivity index (χ1) is 6.67. The van der Waals surface area contributed by atoms with Gasteiger partial charge in [-0.05, 0) is 12.8 Å². The summed E-state index contributed by atoms with van der Waals surface area (Å²) in [6, 6.07) is 0. The van der Waals surface area contributed by atoms with Crippen molar-refractivity contribution in [3.8, 4) is 0 Å². The van der Waals surface area contributed by atoms with Gasteiger partial charge in [-0.25, -0.2) is 0 Å². The van der Waals surface area contributed by atoms with E-state index < -0.39 is 0 Å². The van der Waals surface area contributed by atoms with Gasteiger partial charge in [-0.15, -0.1) is 0 Å². The largest absolute Gasteiger partial charge is 0.462 e. The van der Waals surface area contributed by atoms with Gasteiger partial charge < -0.3 is 9.26 Å². The van der Waals surface area contributed by atoms with E-state index in [9.17, 15) is 4.79 Å². The Morgan fingerprint density at radius 1 is 1.57 bits per heavy atom. The lowest BCUT2D eigenvalue weighted by Crippen LogP contribution is -2.24. The predicted molar refractivity (Wildman–Crippen MR) is 58.1 cm³/mol. The number of rotatable bonds is 4. The second-order valence-corrected chi connectivity index (χ2v) is 4.04. The first-order valence-electron chi connectivity index (χ1n) is 4.94. The van der Waals surface area contributed by atoms with Gasteiger partial charge in [-0.3, -0.25) is 4.79 Å². The van der Waals surface area contributed by atoms with Crippen molar-refractivity contribution < 1.29 is 14.1 Å². The molecular formula is C9H16BO3P. The van der Waals surface area contributed by atoms with E-state index in [1.165, 1.54) is 0 Å². The van der Waals surface area contributed by atoms with Crippen LogP contribution in [0.5, 0.6) is 0 Å².